The maximum absolute atomic E-state index is 11.7. The van der Waals surface area contributed by atoms with Gasteiger partial charge in [-0.15, -0.1) is 0 Å². The molecule has 0 radical (unpaired) electrons. The molecule has 4 nitrogen and oxygen atoms in total. The van der Waals surface area contributed by atoms with E-state index in [9.17, 15) is 4.79 Å². The lowest BCUT2D eigenvalue weighted by molar-refractivity contribution is -0.173. The van der Waals surface area contributed by atoms with Crippen LogP contribution in [0.2, 0.25) is 0 Å². The van der Waals surface area contributed by atoms with Crippen molar-refractivity contribution in [3.05, 3.63) is 24.0 Å². The van der Waals surface area contributed by atoms with Crippen LogP contribution in [0.4, 0.5) is 0 Å². The normalized spacial score (nSPS) is 19.8. The van der Waals surface area contributed by atoms with Gasteiger partial charge >= 0.3 is 5.97 Å². The van der Waals surface area contributed by atoms with Crippen LogP contribution >= 0.6 is 0 Å². The molecular weight excluding hydrogens is 220 g/mol. The maximum Gasteiger partial charge on any atom is 0.337 e. The molecule has 96 valence electrons. The van der Waals surface area contributed by atoms with Crippen molar-refractivity contribution in [3.8, 4) is 0 Å². The van der Waals surface area contributed by atoms with E-state index in [1.807, 2.05) is 18.2 Å². The molecule has 0 fully saturated rings. The van der Waals surface area contributed by atoms with E-state index in [1.165, 1.54) is 0 Å². The van der Waals surface area contributed by atoms with E-state index in [0.29, 0.717) is 13.0 Å². The minimum Gasteiger partial charge on any atom is -0.498 e. The van der Waals surface area contributed by atoms with E-state index in [1.54, 1.807) is 27.9 Å². The molecule has 0 aromatic rings. The molecule has 0 spiro atoms. The van der Waals surface area contributed by atoms with Gasteiger partial charge in [-0.3, -0.25) is 0 Å². The average Bonchev–Trinajstić information content (AvgIpc) is 2.29. The molecular formula is C13H20O4. The number of esters is 1. The quantitative estimate of drug-likeness (QED) is 0.691. The van der Waals surface area contributed by atoms with Crippen molar-refractivity contribution in [2.24, 2.45) is 0 Å². The van der Waals surface area contributed by atoms with Crippen LogP contribution in [-0.2, 0) is 19.0 Å². The lowest BCUT2D eigenvalue weighted by atomic mass is 10.1. The van der Waals surface area contributed by atoms with Gasteiger partial charge in [0.15, 0.2) is 5.60 Å². The highest BCUT2D eigenvalue weighted by Crippen LogP contribution is 2.24. The molecule has 0 aromatic heterocycles. The van der Waals surface area contributed by atoms with Gasteiger partial charge in [0.1, 0.15) is 11.9 Å². The summed E-state index contributed by atoms with van der Waals surface area (Å²) in [5.41, 5.74) is -0.969. The Morgan fingerprint density at radius 3 is 2.82 bits per heavy atom. The topological polar surface area (TPSA) is 44.8 Å². The van der Waals surface area contributed by atoms with Crippen LogP contribution < -0.4 is 0 Å². The third-order valence-corrected chi connectivity index (χ3v) is 2.50. The van der Waals surface area contributed by atoms with Crippen molar-refractivity contribution < 1.29 is 19.0 Å². The zero-order valence-electron chi connectivity index (χ0n) is 10.9. The fraction of sp³-hybridized carbons (Fsp3) is 0.615. The summed E-state index contributed by atoms with van der Waals surface area (Å²) < 4.78 is 16.0. The first-order chi connectivity index (χ1) is 8.01. The van der Waals surface area contributed by atoms with Gasteiger partial charge < -0.3 is 14.2 Å². The first kappa shape index (κ1) is 13.8. The Bertz CT molecular complexity index is 328. The predicted molar refractivity (Wildman–Crippen MR) is 64.4 cm³/mol. The summed E-state index contributed by atoms with van der Waals surface area (Å²) in [6, 6.07) is 0. The van der Waals surface area contributed by atoms with E-state index in [2.05, 4.69) is 0 Å². The largest absolute Gasteiger partial charge is 0.498 e. The Labute approximate surface area is 102 Å². The van der Waals surface area contributed by atoms with Crippen LogP contribution in [0, 0.1) is 0 Å². The van der Waals surface area contributed by atoms with E-state index < -0.39 is 5.60 Å². The molecule has 0 N–H and O–H groups in total. The molecule has 1 aliphatic carbocycles. The van der Waals surface area contributed by atoms with Crippen molar-refractivity contribution in [3.63, 3.8) is 0 Å². The van der Waals surface area contributed by atoms with Gasteiger partial charge in [0, 0.05) is 0 Å². The van der Waals surface area contributed by atoms with Crippen LogP contribution in [0.1, 0.15) is 27.2 Å². The number of carbonyl (C=O) groups excluding carboxylic acids is 1. The Kier molecular flexibility index (Phi) is 4.75. The summed E-state index contributed by atoms with van der Waals surface area (Å²) in [6.07, 6.45) is 6.20. The molecule has 1 rings (SSSR count). The number of ether oxygens (including phenoxy) is 3. The molecule has 17 heavy (non-hydrogen) atoms. The molecule has 0 bridgehead atoms. The van der Waals surface area contributed by atoms with Crippen LogP contribution in [0.3, 0.4) is 0 Å². The van der Waals surface area contributed by atoms with Gasteiger partial charge in [-0.05, 0) is 33.3 Å². The minimum absolute atomic E-state index is 0.232. The van der Waals surface area contributed by atoms with Crippen molar-refractivity contribution in [2.75, 3.05) is 13.7 Å². The van der Waals surface area contributed by atoms with E-state index in [-0.39, 0.29) is 12.1 Å². The molecule has 0 saturated heterocycles. The smallest absolute Gasteiger partial charge is 0.337 e. The van der Waals surface area contributed by atoms with Crippen LogP contribution in [-0.4, -0.2) is 31.4 Å². The van der Waals surface area contributed by atoms with Crippen molar-refractivity contribution in [1.29, 1.82) is 0 Å². The second kappa shape index (κ2) is 5.87. The highest BCUT2D eigenvalue weighted by atomic mass is 16.6. The summed E-state index contributed by atoms with van der Waals surface area (Å²) in [4.78, 5) is 11.7. The summed E-state index contributed by atoms with van der Waals surface area (Å²) in [5.74, 6) is 0.370. The van der Waals surface area contributed by atoms with Crippen molar-refractivity contribution in [2.45, 2.75) is 38.9 Å². The second-order valence-electron chi connectivity index (χ2n) is 4.27. The van der Waals surface area contributed by atoms with Gasteiger partial charge in [-0.2, -0.15) is 0 Å². The van der Waals surface area contributed by atoms with Crippen molar-refractivity contribution >= 4 is 5.97 Å². The van der Waals surface area contributed by atoms with Gasteiger partial charge in [0.05, 0.1) is 13.7 Å². The number of carbonyl (C=O) groups is 1. The number of hydrogen-bond donors (Lipinski definition) is 0. The third-order valence-electron chi connectivity index (χ3n) is 2.50. The monoisotopic (exact) mass is 240 g/mol. The zero-order chi connectivity index (χ0) is 12.9. The summed E-state index contributed by atoms with van der Waals surface area (Å²) >= 11 is 0. The average molecular weight is 240 g/mol. The standard InChI is InChI=1S/C13H20O4/c1-5-16-12(14)13(2,3)17-11-9-7-6-8-10(11)15-4/h6-8,11H,5,9H2,1-4H3. The lowest BCUT2D eigenvalue weighted by Gasteiger charge is -2.30. The molecule has 0 aliphatic heterocycles. The predicted octanol–water partition coefficient (Wildman–Crippen LogP) is 2.20. The summed E-state index contributed by atoms with van der Waals surface area (Å²) in [7, 11) is 1.60. The minimum atomic E-state index is -0.969. The van der Waals surface area contributed by atoms with Crippen molar-refractivity contribution in [1.82, 2.24) is 0 Å². The van der Waals surface area contributed by atoms with Crippen LogP contribution in [0.5, 0.6) is 0 Å². The number of methoxy groups -OCH3 is 1. The lowest BCUT2D eigenvalue weighted by Crippen LogP contribution is -2.41. The molecule has 0 amide bonds. The highest BCUT2D eigenvalue weighted by molar-refractivity contribution is 5.78. The van der Waals surface area contributed by atoms with Gasteiger partial charge in [-0.25, -0.2) is 4.79 Å². The summed E-state index contributed by atoms with van der Waals surface area (Å²) in [5, 5.41) is 0. The Morgan fingerprint density at radius 2 is 2.24 bits per heavy atom. The number of rotatable bonds is 5. The first-order valence-corrected chi connectivity index (χ1v) is 5.77. The van der Waals surface area contributed by atoms with Gasteiger partial charge in [0.2, 0.25) is 0 Å². The molecule has 1 unspecified atom stereocenters. The first-order valence-electron chi connectivity index (χ1n) is 5.77. The zero-order valence-corrected chi connectivity index (χ0v) is 10.9. The Morgan fingerprint density at radius 1 is 1.53 bits per heavy atom. The molecule has 0 aromatic carbocycles. The van der Waals surface area contributed by atoms with E-state index >= 15 is 0 Å². The molecule has 4 heteroatoms. The Balaban J connectivity index is 2.67. The SMILES string of the molecule is CCOC(=O)C(C)(C)OC1CC=CC=C1OC. The Hall–Kier alpha value is -1.29. The molecule has 1 aliphatic rings. The molecule has 0 saturated carbocycles. The number of allylic oxidation sites excluding steroid dienone is 2. The fourth-order valence-corrected chi connectivity index (χ4v) is 1.60. The van der Waals surface area contributed by atoms with Crippen LogP contribution in [0.25, 0.3) is 0 Å². The summed E-state index contributed by atoms with van der Waals surface area (Å²) in [6.45, 7) is 5.54. The fourth-order valence-electron chi connectivity index (χ4n) is 1.60. The number of hydrogen-bond acceptors (Lipinski definition) is 4. The van der Waals surface area contributed by atoms with Crippen LogP contribution in [0.15, 0.2) is 24.0 Å². The maximum atomic E-state index is 11.7. The van der Waals surface area contributed by atoms with E-state index in [4.69, 9.17) is 14.2 Å². The third kappa shape index (κ3) is 3.60. The second-order valence-corrected chi connectivity index (χ2v) is 4.27. The van der Waals surface area contributed by atoms with Gasteiger partial charge in [-0.1, -0.05) is 12.2 Å². The molecule has 0 heterocycles. The molecule has 1 atom stereocenters. The highest BCUT2D eigenvalue weighted by Gasteiger charge is 2.34. The van der Waals surface area contributed by atoms with E-state index in [0.717, 1.165) is 5.76 Å². The van der Waals surface area contributed by atoms with Gasteiger partial charge in [0.25, 0.3) is 0 Å².